The van der Waals surface area contributed by atoms with Gasteiger partial charge in [-0.2, -0.15) is 0 Å². The third-order valence-electron chi connectivity index (χ3n) is 3.03. The van der Waals surface area contributed by atoms with Crippen molar-refractivity contribution in [3.63, 3.8) is 0 Å². The molecule has 2 rings (SSSR count). The maximum absolute atomic E-state index is 11.4. The van der Waals surface area contributed by atoms with Crippen molar-refractivity contribution in [3.05, 3.63) is 45.3 Å². The minimum absolute atomic E-state index is 0.125. The summed E-state index contributed by atoms with van der Waals surface area (Å²) in [5, 5.41) is 14.6. The Morgan fingerprint density at radius 2 is 2.25 bits per heavy atom. The van der Waals surface area contributed by atoms with Gasteiger partial charge in [-0.05, 0) is 43.8 Å². The van der Waals surface area contributed by atoms with Crippen LogP contribution in [0.2, 0.25) is 0 Å². The molecule has 0 bridgehead atoms. The number of aromatic nitrogens is 1. The topological polar surface area (TPSA) is 62.2 Å². The van der Waals surface area contributed by atoms with Crippen molar-refractivity contribution in [2.75, 3.05) is 5.32 Å². The van der Waals surface area contributed by atoms with E-state index in [1.54, 1.807) is 24.3 Å². The van der Waals surface area contributed by atoms with E-state index in [0.717, 1.165) is 17.7 Å². The maximum Gasteiger partial charge on any atom is 0.339 e. The molecule has 1 unspecified atom stereocenters. The van der Waals surface area contributed by atoms with Gasteiger partial charge >= 0.3 is 5.97 Å². The van der Waals surface area contributed by atoms with Crippen molar-refractivity contribution in [3.8, 4) is 0 Å². The van der Waals surface area contributed by atoms with E-state index in [1.807, 2.05) is 25.3 Å². The number of pyridine rings is 1. The first-order chi connectivity index (χ1) is 9.47. The molecule has 2 N–H and O–H groups in total. The predicted octanol–water partition coefficient (Wildman–Crippen LogP) is 3.50. The summed E-state index contributed by atoms with van der Waals surface area (Å²) in [5.74, 6) is -0.486. The van der Waals surface area contributed by atoms with E-state index in [1.165, 1.54) is 4.88 Å². The number of nitrogens with one attached hydrogen (secondary N) is 1. The van der Waals surface area contributed by atoms with Crippen LogP contribution in [0.5, 0.6) is 0 Å². The normalized spacial score (nSPS) is 12.2. The first-order valence-electron chi connectivity index (χ1n) is 6.48. The van der Waals surface area contributed by atoms with Gasteiger partial charge in [-0.1, -0.05) is 6.07 Å². The molecule has 0 aliphatic carbocycles. The predicted molar refractivity (Wildman–Crippen MR) is 81.8 cm³/mol. The number of carboxylic acid groups (broad SMARTS) is 1. The van der Waals surface area contributed by atoms with Crippen molar-refractivity contribution < 1.29 is 9.90 Å². The second kappa shape index (κ2) is 6.05. The number of nitrogens with zero attached hydrogens (tertiary/aromatic N) is 1. The zero-order valence-electron chi connectivity index (χ0n) is 11.8. The average molecular weight is 290 g/mol. The Hall–Kier alpha value is -1.88. The fourth-order valence-corrected chi connectivity index (χ4v) is 3.06. The summed E-state index contributed by atoms with van der Waals surface area (Å²) in [4.78, 5) is 17.0. The quantitative estimate of drug-likeness (QED) is 0.884. The molecule has 2 heterocycles. The molecule has 1 atom stereocenters. The Balaban J connectivity index is 2.21. The maximum atomic E-state index is 11.4. The molecule has 5 heteroatoms. The second-order valence-corrected chi connectivity index (χ2v) is 5.97. The van der Waals surface area contributed by atoms with Crippen molar-refractivity contribution in [2.45, 2.75) is 33.2 Å². The second-order valence-electron chi connectivity index (χ2n) is 4.94. The molecule has 0 spiro atoms. The molecule has 0 amide bonds. The highest BCUT2D eigenvalue weighted by Crippen LogP contribution is 2.21. The van der Waals surface area contributed by atoms with E-state index in [4.69, 9.17) is 0 Å². The van der Waals surface area contributed by atoms with Gasteiger partial charge in [-0.25, -0.2) is 9.78 Å². The summed E-state index contributed by atoms with van der Waals surface area (Å²) >= 11 is 1.70. The van der Waals surface area contributed by atoms with E-state index >= 15 is 0 Å². The highest BCUT2D eigenvalue weighted by molar-refractivity contribution is 7.09. The number of carbonyl (C=O) groups is 1. The molecule has 0 radical (unpaired) electrons. The van der Waals surface area contributed by atoms with E-state index in [0.29, 0.717) is 5.82 Å². The van der Waals surface area contributed by atoms with Crippen LogP contribution in [0.15, 0.2) is 23.6 Å². The largest absolute Gasteiger partial charge is 0.478 e. The monoisotopic (exact) mass is 290 g/mol. The number of rotatable bonds is 5. The van der Waals surface area contributed by atoms with E-state index in [2.05, 4.69) is 16.4 Å². The number of hydrogen-bond acceptors (Lipinski definition) is 4. The molecule has 0 saturated heterocycles. The van der Waals surface area contributed by atoms with Crippen LogP contribution in [0, 0.1) is 13.8 Å². The highest BCUT2D eigenvalue weighted by atomic mass is 32.1. The van der Waals surface area contributed by atoms with Crippen LogP contribution in [0.25, 0.3) is 0 Å². The summed E-state index contributed by atoms with van der Waals surface area (Å²) < 4.78 is 0. The fraction of sp³-hybridized carbons (Fsp3) is 0.333. The first kappa shape index (κ1) is 14.5. The molecule has 0 fully saturated rings. The minimum atomic E-state index is -0.944. The fourth-order valence-electron chi connectivity index (χ4n) is 2.23. The van der Waals surface area contributed by atoms with Gasteiger partial charge in [0.2, 0.25) is 0 Å². The van der Waals surface area contributed by atoms with Crippen molar-refractivity contribution >= 4 is 23.1 Å². The van der Waals surface area contributed by atoms with E-state index in [9.17, 15) is 9.90 Å². The van der Waals surface area contributed by atoms with Crippen LogP contribution < -0.4 is 5.32 Å². The number of anilines is 1. The Morgan fingerprint density at radius 3 is 2.85 bits per heavy atom. The van der Waals surface area contributed by atoms with Gasteiger partial charge in [0.05, 0.1) is 0 Å². The van der Waals surface area contributed by atoms with Crippen LogP contribution in [0.3, 0.4) is 0 Å². The van der Waals surface area contributed by atoms with Gasteiger partial charge in [-0.15, -0.1) is 11.3 Å². The summed E-state index contributed by atoms with van der Waals surface area (Å²) in [6.07, 6.45) is 0.853. The molecule has 4 nitrogen and oxygen atoms in total. The van der Waals surface area contributed by atoms with Gasteiger partial charge in [0.25, 0.3) is 0 Å². The Kier molecular flexibility index (Phi) is 4.39. The Bertz CT molecular complexity index is 609. The van der Waals surface area contributed by atoms with E-state index in [-0.39, 0.29) is 11.6 Å². The lowest BCUT2D eigenvalue weighted by atomic mass is 10.1. The standard InChI is InChI=1S/C15H18N2O2S/c1-9-7-10(2)16-14(13(9)15(18)19)17-11(3)8-12-5-4-6-20-12/h4-7,11H,8H2,1-3H3,(H,16,17)(H,18,19). The molecule has 0 aromatic carbocycles. The molecule has 0 aliphatic rings. The van der Waals surface area contributed by atoms with Gasteiger partial charge in [-0.3, -0.25) is 0 Å². The summed E-state index contributed by atoms with van der Waals surface area (Å²) in [6.45, 7) is 5.70. The van der Waals surface area contributed by atoms with Crippen LogP contribution >= 0.6 is 11.3 Å². The SMILES string of the molecule is Cc1cc(C)c(C(=O)O)c(NC(C)Cc2cccs2)n1. The molecule has 20 heavy (non-hydrogen) atoms. The Labute approximate surface area is 122 Å². The lowest BCUT2D eigenvalue weighted by molar-refractivity contribution is 0.0697. The Morgan fingerprint density at radius 1 is 1.50 bits per heavy atom. The lowest BCUT2D eigenvalue weighted by Gasteiger charge is -2.17. The highest BCUT2D eigenvalue weighted by Gasteiger charge is 2.17. The smallest absolute Gasteiger partial charge is 0.339 e. The van der Waals surface area contributed by atoms with Gasteiger partial charge in [0.1, 0.15) is 11.4 Å². The number of aromatic carboxylic acids is 1. The lowest BCUT2D eigenvalue weighted by Crippen LogP contribution is -2.21. The number of hydrogen-bond donors (Lipinski definition) is 2. The number of carboxylic acids is 1. The minimum Gasteiger partial charge on any atom is -0.478 e. The zero-order valence-corrected chi connectivity index (χ0v) is 12.6. The van der Waals surface area contributed by atoms with E-state index < -0.39 is 5.97 Å². The van der Waals surface area contributed by atoms with Gasteiger partial charge in [0.15, 0.2) is 0 Å². The summed E-state index contributed by atoms with van der Waals surface area (Å²) in [5.41, 5.74) is 1.81. The third kappa shape index (κ3) is 3.36. The number of thiophene rings is 1. The molecule has 2 aromatic heterocycles. The van der Waals surface area contributed by atoms with Crippen molar-refractivity contribution in [2.24, 2.45) is 0 Å². The third-order valence-corrected chi connectivity index (χ3v) is 3.93. The molecule has 106 valence electrons. The van der Waals surface area contributed by atoms with Crippen molar-refractivity contribution in [1.29, 1.82) is 0 Å². The van der Waals surface area contributed by atoms with Crippen LogP contribution in [-0.2, 0) is 6.42 Å². The van der Waals surface area contributed by atoms with Crippen LogP contribution in [-0.4, -0.2) is 22.1 Å². The molecule has 0 aliphatic heterocycles. The molecular formula is C15H18N2O2S. The van der Waals surface area contributed by atoms with Gasteiger partial charge < -0.3 is 10.4 Å². The average Bonchev–Trinajstić information content (AvgIpc) is 2.79. The molecular weight excluding hydrogens is 272 g/mol. The molecule has 0 saturated carbocycles. The summed E-state index contributed by atoms with van der Waals surface area (Å²) in [6, 6.07) is 6.01. The van der Waals surface area contributed by atoms with Crippen molar-refractivity contribution in [1.82, 2.24) is 4.98 Å². The molecule has 2 aromatic rings. The van der Waals surface area contributed by atoms with Gasteiger partial charge in [0, 0.05) is 23.0 Å². The first-order valence-corrected chi connectivity index (χ1v) is 7.35. The van der Waals surface area contributed by atoms with Crippen LogP contribution in [0.1, 0.15) is 33.4 Å². The van der Waals surface area contributed by atoms with Crippen LogP contribution in [0.4, 0.5) is 5.82 Å². The summed E-state index contributed by atoms with van der Waals surface area (Å²) in [7, 11) is 0. The number of aryl methyl sites for hydroxylation is 2. The zero-order chi connectivity index (χ0) is 14.7.